The quantitative estimate of drug-likeness (QED) is 0.868. The van der Waals surface area contributed by atoms with E-state index in [1.54, 1.807) is 4.68 Å². The van der Waals surface area contributed by atoms with Gasteiger partial charge >= 0.3 is 5.69 Å². The number of rotatable bonds is 4. The Bertz CT molecular complexity index is 785. The Morgan fingerprint density at radius 3 is 2.83 bits per heavy atom. The van der Waals surface area contributed by atoms with Gasteiger partial charge < -0.3 is 0 Å². The molecule has 0 atom stereocenters. The summed E-state index contributed by atoms with van der Waals surface area (Å²) < 4.78 is 3.55. The van der Waals surface area contributed by atoms with Gasteiger partial charge in [-0.3, -0.25) is 9.47 Å². The molecule has 1 aliphatic carbocycles. The van der Waals surface area contributed by atoms with Crippen molar-refractivity contribution < 1.29 is 0 Å². The summed E-state index contributed by atoms with van der Waals surface area (Å²) in [6.45, 7) is 8.46. The first-order valence-corrected chi connectivity index (χ1v) is 8.55. The minimum absolute atomic E-state index is 0.0817. The predicted octanol–water partition coefficient (Wildman–Crippen LogP) is 2.09. The molecule has 2 aliphatic rings. The number of hydrogen-bond acceptors (Lipinski definition) is 3. The summed E-state index contributed by atoms with van der Waals surface area (Å²) in [7, 11) is 0. The van der Waals surface area contributed by atoms with Gasteiger partial charge in [0.1, 0.15) is 5.82 Å². The van der Waals surface area contributed by atoms with Crippen molar-refractivity contribution in [1.29, 1.82) is 0 Å². The molecule has 23 heavy (non-hydrogen) atoms. The molecule has 0 radical (unpaired) electrons. The Morgan fingerprint density at radius 2 is 2.04 bits per heavy atom. The molecule has 0 N–H and O–H groups in total. The lowest BCUT2D eigenvalue weighted by atomic mass is 10.1. The van der Waals surface area contributed by atoms with Crippen LogP contribution < -0.4 is 5.69 Å². The van der Waals surface area contributed by atoms with Gasteiger partial charge in [0.25, 0.3) is 0 Å². The highest BCUT2D eigenvalue weighted by Gasteiger charge is 2.26. The number of aromatic nitrogens is 3. The first-order valence-electron chi connectivity index (χ1n) is 8.55. The van der Waals surface area contributed by atoms with Crippen molar-refractivity contribution in [3.63, 3.8) is 0 Å². The van der Waals surface area contributed by atoms with Crippen LogP contribution in [0.1, 0.15) is 35.4 Å². The Hall–Kier alpha value is -1.88. The average Bonchev–Trinajstić information content (AvgIpc) is 3.28. The molecule has 1 aromatic heterocycles. The van der Waals surface area contributed by atoms with Crippen LogP contribution in [0.15, 0.2) is 23.0 Å². The summed E-state index contributed by atoms with van der Waals surface area (Å²) in [6, 6.07) is 6.61. The van der Waals surface area contributed by atoms with Gasteiger partial charge in [-0.25, -0.2) is 9.48 Å². The number of fused-ring (bicyclic) bond motifs is 1. The minimum Gasteiger partial charge on any atom is -0.290 e. The van der Waals surface area contributed by atoms with Crippen LogP contribution in [0.2, 0.25) is 0 Å². The largest absolute Gasteiger partial charge is 0.346 e. The van der Waals surface area contributed by atoms with Crippen LogP contribution in [0.3, 0.4) is 0 Å². The van der Waals surface area contributed by atoms with Gasteiger partial charge in [-0.15, -0.1) is 0 Å². The van der Waals surface area contributed by atoms with E-state index in [2.05, 4.69) is 42.0 Å². The van der Waals surface area contributed by atoms with Crippen LogP contribution in [0.5, 0.6) is 0 Å². The smallest absolute Gasteiger partial charge is 0.290 e. The van der Waals surface area contributed by atoms with Gasteiger partial charge in [-0.2, -0.15) is 5.10 Å². The van der Waals surface area contributed by atoms with E-state index in [1.807, 2.05) is 4.57 Å². The summed E-state index contributed by atoms with van der Waals surface area (Å²) in [5.41, 5.74) is 4.09. The maximum atomic E-state index is 12.4. The molecule has 0 bridgehead atoms. The first-order chi connectivity index (χ1) is 11.1. The highest BCUT2D eigenvalue weighted by atomic mass is 16.2. The van der Waals surface area contributed by atoms with E-state index in [1.165, 1.54) is 29.5 Å². The lowest BCUT2D eigenvalue weighted by molar-refractivity contribution is 0.207. The minimum atomic E-state index is 0.0817. The molecule has 0 amide bonds. The summed E-state index contributed by atoms with van der Waals surface area (Å²) in [5, 5.41) is 4.59. The molecule has 1 saturated carbocycles. The van der Waals surface area contributed by atoms with Crippen molar-refractivity contribution in [2.75, 3.05) is 6.54 Å². The van der Waals surface area contributed by atoms with Gasteiger partial charge in [0.15, 0.2) is 0 Å². The fourth-order valence-electron chi connectivity index (χ4n) is 3.36. The SMILES string of the molecule is Cc1ccc(C)c(CN2CCn3c(nn(CC4CC4)c3=O)C2)c1. The monoisotopic (exact) mass is 312 g/mol. The molecule has 5 nitrogen and oxygen atoms in total. The molecule has 0 spiro atoms. The topological polar surface area (TPSA) is 43.1 Å². The zero-order valence-corrected chi connectivity index (χ0v) is 14.0. The third-order valence-corrected chi connectivity index (χ3v) is 5.03. The maximum absolute atomic E-state index is 12.4. The molecule has 122 valence electrons. The normalized spacial score (nSPS) is 18.2. The van der Waals surface area contributed by atoms with Crippen LogP contribution in [-0.4, -0.2) is 25.8 Å². The van der Waals surface area contributed by atoms with Crippen molar-refractivity contribution in [1.82, 2.24) is 19.2 Å². The van der Waals surface area contributed by atoms with Gasteiger partial charge in [0, 0.05) is 26.2 Å². The molecule has 2 heterocycles. The molecule has 1 aliphatic heterocycles. The Morgan fingerprint density at radius 1 is 1.22 bits per heavy atom. The van der Waals surface area contributed by atoms with E-state index in [9.17, 15) is 4.79 Å². The first kappa shape index (κ1) is 14.7. The molecular weight excluding hydrogens is 288 g/mol. The zero-order valence-electron chi connectivity index (χ0n) is 14.0. The van der Waals surface area contributed by atoms with Crippen molar-refractivity contribution in [2.45, 2.75) is 52.9 Å². The lowest BCUT2D eigenvalue weighted by Crippen LogP contribution is -2.37. The Labute approximate surface area is 136 Å². The molecule has 0 unspecified atom stereocenters. The molecule has 1 aromatic carbocycles. The van der Waals surface area contributed by atoms with Gasteiger partial charge in [-0.1, -0.05) is 23.8 Å². The van der Waals surface area contributed by atoms with Gasteiger partial charge in [0.05, 0.1) is 6.54 Å². The highest BCUT2D eigenvalue weighted by Crippen LogP contribution is 2.30. The van der Waals surface area contributed by atoms with Crippen molar-refractivity contribution in [3.05, 3.63) is 51.2 Å². The van der Waals surface area contributed by atoms with E-state index < -0.39 is 0 Å². The Balaban J connectivity index is 1.52. The number of nitrogens with zero attached hydrogens (tertiary/aromatic N) is 4. The van der Waals surface area contributed by atoms with E-state index in [0.717, 1.165) is 38.5 Å². The summed E-state index contributed by atoms with van der Waals surface area (Å²) >= 11 is 0. The van der Waals surface area contributed by atoms with Crippen molar-refractivity contribution >= 4 is 0 Å². The van der Waals surface area contributed by atoms with Gasteiger partial charge in [0.2, 0.25) is 0 Å². The van der Waals surface area contributed by atoms with Gasteiger partial charge in [-0.05, 0) is 43.7 Å². The second-order valence-electron chi connectivity index (χ2n) is 7.12. The second kappa shape index (κ2) is 5.64. The molecule has 4 rings (SSSR count). The maximum Gasteiger partial charge on any atom is 0.346 e. The summed E-state index contributed by atoms with van der Waals surface area (Å²) in [6.07, 6.45) is 2.49. The third kappa shape index (κ3) is 2.98. The molecule has 0 saturated heterocycles. The van der Waals surface area contributed by atoms with E-state index in [4.69, 9.17) is 0 Å². The second-order valence-corrected chi connectivity index (χ2v) is 7.12. The zero-order chi connectivity index (χ0) is 16.0. The van der Waals surface area contributed by atoms with E-state index in [-0.39, 0.29) is 5.69 Å². The van der Waals surface area contributed by atoms with Crippen LogP contribution in [0.4, 0.5) is 0 Å². The molecule has 2 aromatic rings. The average molecular weight is 312 g/mol. The van der Waals surface area contributed by atoms with E-state index in [0.29, 0.717) is 5.92 Å². The fraction of sp³-hybridized carbons (Fsp3) is 0.556. The van der Waals surface area contributed by atoms with Crippen molar-refractivity contribution in [2.24, 2.45) is 5.92 Å². The van der Waals surface area contributed by atoms with Crippen LogP contribution in [0, 0.1) is 19.8 Å². The van der Waals surface area contributed by atoms with Crippen LogP contribution in [0.25, 0.3) is 0 Å². The third-order valence-electron chi connectivity index (χ3n) is 5.03. The molecule has 1 fully saturated rings. The van der Waals surface area contributed by atoms with Crippen molar-refractivity contribution in [3.8, 4) is 0 Å². The van der Waals surface area contributed by atoms with E-state index >= 15 is 0 Å². The fourth-order valence-corrected chi connectivity index (χ4v) is 3.36. The predicted molar refractivity (Wildman–Crippen MR) is 89.2 cm³/mol. The van der Waals surface area contributed by atoms with Crippen LogP contribution in [-0.2, 0) is 26.2 Å². The lowest BCUT2D eigenvalue weighted by Gasteiger charge is -2.27. The standard InChI is InChI=1S/C18H24N4O/c1-13-3-4-14(2)16(9-13)11-20-7-8-21-17(12-20)19-22(18(21)23)10-15-5-6-15/h3-4,9,15H,5-8,10-12H2,1-2H3. The molecular formula is C18H24N4O. The summed E-state index contributed by atoms with van der Waals surface area (Å²) in [5.74, 6) is 1.60. The molecule has 5 heteroatoms. The highest BCUT2D eigenvalue weighted by molar-refractivity contribution is 5.30. The van der Waals surface area contributed by atoms with Crippen LogP contribution >= 0.6 is 0 Å². The summed E-state index contributed by atoms with van der Waals surface area (Å²) in [4.78, 5) is 14.8. The Kier molecular flexibility index (Phi) is 3.60. The number of benzene rings is 1. The number of hydrogen-bond donors (Lipinski definition) is 0. The number of aryl methyl sites for hydroxylation is 2.